The van der Waals surface area contributed by atoms with Crippen LogP contribution in [0.15, 0.2) is 24.3 Å². The van der Waals surface area contributed by atoms with Gasteiger partial charge in [-0.2, -0.15) is 0 Å². The molecular formula is C15H18NO3-. The number of carbonyl (C=O) groups is 2. The lowest BCUT2D eigenvalue weighted by Gasteiger charge is -2.17. The highest BCUT2D eigenvalue weighted by Gasteiger charge is 2.31. The van der Waals surface area contributed by atoms with Gasteiger partial charge in [0.1, 0.15) is 0 Å². The third-order valence-electron chi connectivity index (χ3n) is 3.53. The second-order valence-electron chi connectivity index (χ2n) is 4.99. The van der Waals surface area contributed by atoms with Gasteiger partial charge in [0, 0.05) is 30.5 Å². The minimum Gasteiger partial charge on any atom is -0.550 e. The van der Waals surface area contributed by atoms with Gasteiger partial charge < -0.3 is 14.8 Å². The summed E-state index contributed by atoms with van der Waals surface area (Å²) in [5, 5.41) is 10.8. The number of aliphatic carboxylic acids is 1. The Balaban J connectivity index is 2.06. The number of aryl methyl sites for hydroxylation is 1. The minimum absolute atomic E-state index is 0.0416. The summed E-state index contributed by atoms with van der Waals surface area (Å²) in [6, 6.07) is 7.79. The number of nitrogens with zero attached hydrogens (tertiary/aromatic N) is 1. The predicted octanol–water partition coefficient (Wildman–Crippen LogP) is 1.13. The summed E-state index contributed by atoms with van der Waals surface area (Å²) in [6.45, 7) is 2.37. The quantitative estimate of drug-likeness (QED) is 0.797. The first-order valence-corrected chi connectivity index (χ1v) is 6.72. The Labute approximate surface area is 113 Å². The Morgan fingerprint density at radius 3 is 2.58 bits per heavy atom. The molecule has 1 aliphatic heterocycles. The van der Waals surface area contributed by atoms with Crippen molar-refractivity contribution < 1.29 is 14.7 Å². The van der Waals surface area contributed by atoms with Crippen molar-refractivity contribution in [2.45, 2.75) is 32.6 Å². The van der Waals surface area contributed by atoms with Crippen molar-refractivity contribution in [1.82, 2.24) is 0 Å². The van der Waals surface area contributed by atoms with Gasteiger partial charge >= 0.3 is 0 Å². The van der Waals surface area contributed by atoms with Crippen LogP contribution in [0.2, 0.25) is 0 Å². The number of carbonyl (C=O) groups excluding carboxylic acids is 2. The fraction of sp³-hybridized carbons (Fsp3) is 0.467. The molecule has 4 heteroatoms. The number of anilines is 1. The predicted molar refractivity (Wildman–Crippen MR) is 70.5 cm³/mol. The summed E-state index contributed by atoms with van der Waals surface area (Å²) >= 11 is 0. The first-order chi connectivity index (χ1) is 9.11. The van der Waals surface area contributed by atoms with E-state index in [1.54, 1.807) is 0 Å². The highest BCUT2D eigenvalue weighted by Crippen LogP contribution is 2.25. The molecule has 0 N–H and O–H groups in total. The number of hydrogen-bond donors (Lipinski definition) is 0. The van der Waals surface area contributed by atoms with Crippen LogP contribution in [0.4, 0.5) is 5.69 Å². The lowest BCUT2D eigenvalue weighted by molar-refractivity contribution is -0.310. The molecule has 1 saturated heterocycles. The molecule has 102 valence electrons. The van der Waals surface area contributed by atoms with Crippen LogP contribution in [0.5, 0.6) is 0 Å². The Bertz CT molecular complexity index is 467. The number of rotatable bonds is 5. The van der Waals surface area contributed by atoms with Gasteiger partial charge in [0.05, 0.1) is 0 Å². The molecule has 0 bridgehead atoms. The molecule has 1 aromatic carbocycles. The normalized spacial score (nSPS) is 18.9. The standard InChI is InChI=1S/C15H19NO3/c1-2-3-4-11-5-7-13(8-6-11)16-10-12(15(18)19)9-14(16)17/h5-8,12H,2-4,9-10H2,1H3,(H,18,19)/p-1/t12-/m0/s1. The largest absolute Gasteiger partial charge is 0.550 e. The van der Waals surface area contributed by atoms with Crippen LogP contribution in [0.25, 0.3) is 0 Å². The lowest BCUT2D eigenvalue weighted by atomic mass is 10.1. The molecule has 2 rings (SSSR count). The van der Waals surface area contributed by atoms with E-state index in [2.05, 4.69) is 6.92 Å². The summed E-state index contributed by atoms with van der Waals surface area (Å²) in [4.78, 5) is 24.1. The Morgan fingerprint density at radius 1 is 1.37 bits per heavy atom. The van der Waals surface area contributed by atoms with Crippen LogP contribution in [-0.2, 0) is 16.0 Å². The smallest absolute Gasteiger partial charge is 0.227 e. The molecule has 0 saturated carbocycles. The summed E-state index contributed by atoms with van der Waals surface area (Å²) in [7, 11) is 0. The fourth-order valence-corrected chi connectivity index (χ4v) is 2.34. The SMILES string of the molecule is CCCCc1ccc(N2C[C@@H](C(=O)[O-])CC2=O)cc1. The molecule has 0 spiro atoms. The second-order valence-corrected chi connectivity index (χ2v) is 4.99. The Morgan fingerprint density at radius 2 is 2.05 bits per heavy atom. The average molecular weight is 260 g/mol. The highest BCUT2D eigenvalue weighted by atomic mass is 16.4. The van der Waals surface area contributed by atoms with E-state index < -0.39 is 11.9 Å². The summed E-state index contributed by atoms with van der Waals surface area (Å²) < 4.78 is 0. The van der Waals surface area contributed by atoms with Crippen molar-refractivity contribution in [2.24, 2.45) is 5.92 Å². The zero-order chi connectivity index (χ0) is 13.8. The third kappa shape index (κ3) is 3.13. The van der Waals surface area contributed by atoms with E-state index >= 15 is 0 Å². The number of amides is 1. The van der Waals surface area contributed by atoms with Gasteiger partial charge in [-0.05, 0) is 30.5 Å². The number of carboxylic acid groups (broad SMARTS) is 1. The number of carboxylic acids is 1. The maximum atomic E-state index is 11.8. The molecule has 0 aromatic heterocycles. The van der Waals surface area contributed by atoms with E-state index in [0.717, 1.165) is 24.9 Å². The minimum atomic E-state index is -1.14. The Kier molecular flexibility index (Phi) is 4.20. The fourth-order valence-electron chi connectivity index (χ4n) is 2.34. The number of benzene rings is 1. The van der Waals surface area contributed by atoms with Gasteiger partial charge in [-0.3, -0.25) is 4.79 Å². The molecule has 1 aromatic rings. The van der Waals surface area contributed by atoms with Crippen LogP contribution >= 0.6 is 0 Å². The van der Waals surface area contributed by atoms with Gasteiger partial charge in [0.15, 0.2) is 0 Å². The molecule has 19 heavy (non-hydrogen) atoms. The first-order valence-electron chi connectivity index (χ1n) is 6.72. The Hall–Kier alpha value is -1.84. The first kappa shape index (κ1) is 13.6. The van der Waals surface area contributed by atoms with Crippen molar-refractivity contribution in [3.8, 4) is 0 Å². The van der Waals surface area contributed by atoms with Crippen LogP contribution < -0.4 is 10.0 Å². The van der Waals surface area contributed by atoms with E-state index in [9.17, 15) is 14.7 Å². The van der Waals surface area contributed by atoms with Gasteiger partial charge in [0.25, 0.3) is 0 Å². The molecule has 1 amide bonds. The molecule has 1 fully saturated rings. The molecule has 1 heterocycles. The lowest BCUT2D eigenvalue weighted by Crippen LogP contribution is -2.33. The van der Waals surface area contributed by atoms with Gasteiger partial charge in [-0.25, -0.2) is 0 Å². The topological polar surface area (TPSA) is 60.4 Å². The average Bonchev–Trinajstić information content (AvgIpc) is 2.79. The summed E-state index contributed by atoms with van der Waals surface area (Å²) in [5.74, 6) is -1.97. The monoisotopic (exact) mass is 260 g/mol. The molecule has 0 radical (unpaired) electrons. The van der Waals surface area contributed by atoms with Crippen molar-refractivity contribution in [3.63, 3.8) is 0 Å². The van der Waals surface area contributed by atoms with Gasteiger partial charge in [-0.1, -0.05) is 25.5 Å². The number of unbranched alkanes of at least 4 members (excludes halogenated alkanes) is 1. The van der Waals surface area contributed by atoms with Crippen LogP contribution in [0.3, 0.4) is 0 Å². The zero-order valence-corrected chi connectivity index (χ0v) is 11.1. The van der Waals surface area contributed by atoms with Crippen molar-refractivity contribution in [2.75, 3.05) is 11.4 Å². The molecule has 0 aliphatic carbocycles. The van der Waals surface area contributed by atoms with Gasteiger partial charge in [-0.15, -0.1) is 0 Å². The molecule has 1 atom stereocenters. The number of hydrogen-bond acceptors (Lipinski definition) is 3. The summed E-state index contributed by atoms with van der Waals surface area (Å²) in [6.07, 6.45) is 3.38. The highest BCUT2D eigenvalue weighted by molar-refractivity contribution is 5.98. The molecule has 0 unspecified atom stereocenters. The second kappa shape index (κ2) is 5.87. The van der Waals surface area contributed by atoms with Crippen LogP contribution in [-0.4, -0.2) is 18.4 Å². The summed E-state index contributed by atoms with van der Waals surface area (Å²) in [5.41, 5.74) is 2.02. The van der Waals surface area contributed by atoms with Crippen molar-refractivity contribution >= 4 is 17.6 Å². The van der Waals surface area contributed by atoms with Crippen molar-refractivity contribution in [3.05, 3.63) is 29.8 Å². The van der Waals surface area contributed by atoms with E-state index in [-0.39, 0.29) is 18.9 Å². The maximum absolute atomic E-state index is 11.8. The molecular weight excluding hydrogens is 242 g/mol. The van der Waals surface area contributed by atoms with Crippen LogP contribution in [0.1, 0.15) is 31.7 Å². The third-order valence-corrected chi connectivity index (χ3v) is 3.53. The van der Waals surface area contributed by atoms with E-state index in [4.69, 9.17) is 0 Å². The van der Waals surface area contributed by atoms with Crippen molar-refractivity contribution in [1.29, 1.82) is 0 Å². The van der Waals surface area contributed by atoms with Crippen LogP contribution in [0, 0.1) is 5.92 Å². The van der Waals surface area contributed by atoms with E-state index in [0.29, 0.717) is 0 Å². The molecule has 4 nitrogen and oxygen atoms in total. The van der Waals surface area contributed by atoms with Gasteiger partial charge in [0.2, 0.25) is 5.91 Å². The molecule has 1 aliphatic rings. The van der Waals surface area contributed by atoms with E-state index in [1.807, 2.05) is 24.3 Å². The van der Waals surface area contributed by atoms with E-state index in [1.165, 1.54) is 10.5 Å². The zero-order valence-electron chi connectivity index (χ0n) is 11.1. The maximum Gasteiger partial charge on any atom is 0.227 e.